The lowest BCUT2D eigenvalue weighted by atomic mass is 9.94. The van der Waals surface area contributed by atoms with Crippen LogP contribution in [0.25, 0.3) is 0 Å². The third-order valence-corrected chi connectivity index (χ3v) is 2.24. The highest BCUT2D eigenvalue weighted by Gasteiger charge is 2.16. The van der Waals surface area contributed by atoms with E-state index >= 15 is 0 Å². The number of nitro benzene ring substituents is 1. The van der Waals surface area contributed by atoms with E-state index in [1.807, 2.05) is 26.8 Å². The second kappa shape index (κ2) is 4.22. The smallest absolute Gasteiger partial charge is 0.258 e. The summed E-state index contributed by atoms with van der Waals surface area (Å²) in [5.74, 6) is 1.12. The Morgan fingerprint density at radius 2 is 2.07 bits per heavy atom. The highest BCUT2D eigenvalue weighted by Crippen LogP contribution is 2.27. The zero-order chi connectivity index (χ0) is 10.7. The van der Waals surface area contributed by atoms with Crippen molar-refractivity contribution in [1.82, 2.24) is 0 Å². The Morgan fingerprint density at radius 3 is 2.50 bits per heavy atom. The lowest BCUT2D eigenvalue weighted by Gasteiger charge is -2.10. The molecule has 0 bridgehead atoms. The molecule has 14 heavy (non-hydrogen) atoms. The molecular weight excluding hydrogens is 178 g/mol. The molecule has 0 atom stereocenters. The van der Waals surface area contributed by atoms with Gasteiger partial charge in [-0.25, -0.2) is 0 Å². The zero-order valence-corrected chi connectivity index (χ0v) is 8.70. The van der Waals surface area contributed by atoms with Crippen LogP contribution >= 0.6 is 0 Å². The maximum absolute atomic E-state index is 10.8. The van der Waals surface area contributed by atoms with E-state index in [0.29, 0.717) is 6.42 Å². The third-order valence-electron chi connectivity index (χ3n) is 2.24. The summed E-state index contributed by atoms with van der Waals surface area (Å²) < 4.78 is 0. The average molecular weight is 192 g/mol. The Labute approximate surface area is 83.9 Å². The van der Waals surface area contributed by atoms with Crippen molar-refractivity contribution in [3.63, 3.8) is 0 Å². The van der Waals surface area contributed by atoms with Gasteiger partial charge in [0.25, 0.3) is 5.69 Å². The fourth-order valence-corrected chi connectivity index (χ4v) is 1.59. The maximum Gasteiger partial charge on any atom is 0.272 e. The topological polar surface area (TPSA) is 43.1 Å². The van der Waals surface area contributed by atoms with Crippen LogP contribution < -0.4 is 0 Å². The molecule has 3 heteroatoms. The van der Waals surface area contributed by atoms with E-state index in [2.05, 4.69) is 0 Å². The molecule has 0 aliphatic heterocycles. The monoisotopic (exact) mass is 192 g/mol. The summed E-state index contributed by atoms with van der Waals surface area (Å²) in [5, 5.41) is 10.8. The molecule has 0 fully saturated rings. The van der Waals surface area contributed by atoms with Crippen molar-refractivity contribution in [2.24, 2.45) is 0 Å². The Morgan fingerprint density at radius 1 is 1.43 bits per heavy atom. The van der Waals surface area contributed by atoms with Crippen molar-refractivity contribution < 1.29 is 4.92 Å². The molecule has 1 aromatic carbocycles. The second-order valence-electron chi connectivity index (χ2n) is 3.41. The van der Waals surface area contributed by atoms with Crippen molar-refractivity contribution in [2.75, 3.05) is 0 Å². The number of hydrogen-bond donors (Lipinski definition) is 0. The van der Waals surface area contributed by atoms with Gasteiger partial charge >= 0.3 is 0 Å². The van der Waals surface area contributed by atoms with E-state index in [-0.39, 0.29) is 10.6 Å². The predicted octanol–water partition coefficient (Wildman–Crippen LogP) is 3.12. The van der Waals surface area contributed by atoms with Gasteiger partial charge in [-0.3, -0.25) is 10.1 Å². The SMILES string of the molecule is CCc1c([C](C)C)cccc1[N+](=O)[O-]. The molecule has 0 amide bonds. The van der Waals surface area contributed by atoms with Crippen molar-refractivity contribution >= 4 is 5.69 Å². The summed E-state index contributed by atoms with van der Waals surface area (Å²) in [6.45, 7) is 5.88. The van der Waals surface area contributed by atoms with Gasteiger partial charge in [0, 0.05) is 11.6 Å². The molecular formula is C11H14NO2. The summed E-state index contributed by atoms with van der Waals surface area (Å²) in [4.78, 5) is 10.4. The molecule has 1 radical (unpaired) electrons. The molecule has 1 rings (SSSR count). The van der Waals surface area contributed by atoms with Gasteiger partial charge in [0.2, 0.25) is 0 Å². The molecule has 0 saturated heterocycles. The Kier molecular flexibility index (Phi) is 3.23. The van der Waals surface area contributed by atoms with Crippen LogP contribution in [0, 0.1) is 16.0 Å². The molecule has 0 aromatic heterocycles. The van der Waals surface area contributed by atoms with Crippen LogP contribution in [0.4, 0.5) is 5.69 Å². The van der Waals surface area contributed by atoms with Crippen molar-refractivity contribution in [1.29, 1.82) is 0 Å². The van der Waals surface area contributed by atoms with Crippen molar-refractivity contribution in [2.45, 2.75) is 27.2 Å². The van der Waals surface area contributed by atoms with E-state index in [4.69, 9.17) is 0 Å². The molecule has 3 nitrogen and oxygen atoms in total. The molecule has 0 N–H and O–H groups in total. The molecule has 1 aromatic rings. The number of nitro groups is 1. The molecule has 0 spiro atoms. The first-order valence-electron chi connectivity index (χ1n) is 4.64. The van der Waals surface area contributed by atoms with E-state index in [1.165, 1.54) is 0 Å². The Bertz CT molecular complexity index is 345. The van der Waals surface area contributed by atoms with Gasteiger partial charge < -0.3 is 0 Å². The number of nitrogens with zero attached hydrogens (tertiary/aromatic N) is 1. The van der Waals surface area contributed by atoms with Crippen molar-refractivity contribution in [3.05, 3.63) is 45.4 Å². The van der Waals surface area contributed by atoms with Gasteiger partial charge in [-0.2, -0.15) is 0 Å². The standard InChI is InChI=1S/C11H14NO2/c1-4-9-10(8(2)3)6-5-7-11(9)12(13)14/h5-7H,4H2,1-3H3. The van der Waals surface area contributed by atoms with Crippen LogP contribution in [0.5, 0.6) is 0 Å². The quantitative estimate of drug-likeness (QED) is 0.545. The minimum absolute atomic E-state index is 0.228. The predicted molar refractivity (Wildman–Crippen MR) is 56.2 cm³/mol. The molecule has 75 valence electrons. The van der Waals surface area contributed by atoms with Crippen LogP contribution in [-0.4, -0.2) is 4.92 Å². The summed E-state index contributed by atoms with van der Waals surface area (Å²) in [5.41, 5.74) is 2.06. The van der Waals surface area contributed by atoms with Gasteiger partial charge in [-0.15, -0.1) is 0 Å². The molecule has 0 aliphatic rings. The van der Waals surface area contributed by atoms with Crippen LogP contribution in [0.1, 0.15) is 31.9 Å². The minimum atomic E-state index is -0.314. The van der Waals surface area contributed by atoms with Gasteiger partial charge in [0.15, 0.2) is 0 Å². The Hall–Kier alpha value is -1.38. The van der Waals surface area contributed by atoms with Crippen LogP contribution in [-0.2, 0) is 6.42 Å². The largest absolute Gasteiger partial charge is 0.272 e. The lowest BCUT2D eigenvalue weighted by molar-refractivity contribution is -0.385. The normalized spacial score (nSPS) is 10.6. The minimum Gasteiger partial charge on any atom is -0.258 e. The van der Waals surface area contributed by atoms with Gasteiger partial charge in [0.1, 0.15) is 0 Å². The van der Waals surface area contributed by atoms with Gasteiger partial charge in [-0.1, -0.05) is 32.9 Å². The molecule has 0 heterocycles. The van der Waals surface area contributed by atoms with Crippen LogP contribution in [0.3, 0.4) is 0 Å². The average Bonchev–Trinajstić information content (AvgIpc) is 2.16. The second-order valence-corrected chi connectivity index (χ2v) is 3.41. The maximum atomic E-state index is 10.8. The number of hydrogen-bond acceptors (Lipinski definition) is 2. The summed E-state index contributed by atoms with van der Waals surface area (Å²) >= 11 is 0. The number of rotatable bonds is 3. The van der Waals surface area contributed by atoms with Crippen LogP contribution in [0.15, 0.2) is 18.2 Å². The van der Waals surface area contributed by atoms with Crippen molar-refractivity contribution in [3.8, 4) is 0 Å². The highest BCUT2D eigenvalue weighted by molar-refractivity contribution is 5.50. The first-order valence-corrected chi connectivity index (χ1v) is 4.64. The summed E-state index contributed by atoms with van der Waals surface area (Å²) in [7, 11) is 0. The van der Waals surface area contributed by atoms with Gasteiger partial charge in [0.05, 0.1) is 4.92 Å². The number of benzene rings is 1. The van der Waals surface area contributed by atoms with Gasteiger partial charge in [-0.05, 0) is 17.9 Å². The van der Waals surface area contributed by atoms with E-state index in [9.17, 15) is 10.1 Å². The molecule has 0 saturated carbocycles. The highest BCUT2D eigenvalue weighted by atomic mass is 16.6. The van der Waals surface area contributed by atoms with E-state index in [0.717, 1.165) is 17.0 Å². The summed E-state index contributed by atoms with van der Waals surface area (Å²) in [6, 6.07) is 5.23. The first kappa shape index (κ1) is 10.7. The van der Waals surface area contributed by atoms with E-state index < -0.39 is 0 Å². The summed E-state index contributed by atoms with van der Waals surface area (Å²) in [6.07, 6.45) is 0.692. The molecule has 0 unspecified atom stereocenters. The lowest BCUT2D eigenvalue weighted by Crippen LogP contribution is -2.01. The third kappa shape index (κ3) is 1.92. The fourth-order valence-electron chi connectivity index (χ4n) is 1.59. The van der Waals surface area contributed by atoms with E-state index in [1.54, 1.807) is 12.1 Å². The zero-order valence-electron chi connectivity index (χ0n) is 8.70. The van der Waals surface area contributed by atoms with Crippen LogP contribution in [0.2, 0.25) is 0 Å². The molecule has 0 aliphatic carbocycles. The fraction of sp³-hybridized carbons (Fsp3) is 0.364. The first-order chi connectivity index (χ1) is 6.57. The Balaban J connectivity index is 3.32.